The zero-order valence-corrected chi connectivity index (χ0v) is 32.5. The zero-order valence-electron chi connectivity index (χ0n) is 32.5. The number of nitrogens with zero attached hydrogens (tertiary/aromatic N) is 3. The predicted molar refractivity (Wildman–Crippen MR) is 209 cm³/mol. The Balaban J connectivity index is 1.28. The van der Waals surface area contributed by atoms with Crippen molar-refractivity contribution >= 4 is 28.9 Å². The first-order chi connectivity index (χ1) is 25.7. The van der Waals surface area contributed by atoms with Gasteiger partial charge in [0.15, 0.2) is 0 Å². The van der Waals surface area contributed by atoms with Crippen LogP contribution in [0.15, 0.2) is 79.0 Å². The van der Waals surface area contributed by atoms with Gasteiger partial charge in [0.25, 0.3) is 0 Å². The van der Waals surface area contributed by atoms with Crippen LogP contribution < -0.4 is 4.74 Å². The number of aryl methyl sites for hydroxylation is 1. The van der Waals surface area contributed by atoms with E-state index in [0.29, 0.717) is 31.9 Å². The van der Waals surface area contributed by atoms with E-state index >= 15 is 4.79 Å². The Hall–Kier alpha value is -4.83. The average Bonchev–Trinajstić information content (AvgIpc) is 3.94. The van der Waals surface area contributed by atoms with Gasteiger partial charge in [-0.05, 0) is 107 Å². The lowest BCUT2D eigenvalue weighted by atomic mass is 9.79. The second-order valence-corrected chi connectivity index (χ2v) is 16.5. The first-order valence-electron chi connectivity index (χ1n) is 19.1. The van der Waals surface area contributed by atoms with Gasteiger partial charge in [-0.3, -0.25) is 9.59 Å². The van der Waals surface area contributed by atoms with Gasteiger partial charge < -0.3 is 33.7 Å². The van der Waals surface area contributed by atoms with E-state index in [1.165, 1.54) is 0 Å². The third-order valence-electron chi connectivity index (χ3n) is 10.5. The third-order valence-corrected chi connectivity index (χ3v) is 10.5. The molecule has 1 aliphatic heterocycles. The molecule has 1 aliphatic carbocycles. The van der Waals surface area contributed by atoms with E-state index in [0.717, 1.165) is 59.0 Å². The number of amides is 2. The van der Waals surface area contributed by atoms with Crippen molar-refractivity contribution in [3.05, 3.63) is 90.1 Å². The highest BCUT2D eigenvalue weighted by atomic mass is 16.6. The van der Waals surface area contributed by atoms with Crippen LogP contribution in [0.5, 0.6) is 5.75 Å². The number of hydrogen-bond donors (Lipinski definition) is 1. The molecule has 4 aromatic rings. The number of carbonyl (C=O) groups is 3. The lowest BCUT2D eigenvalue weighted by Gasteiger charge is -2.40. The Morgan fingerprint density at radius 1 is 0.907 bits per heavy atom. The highest BCUT2D eigenvalue weighted by molar-refractivity contribution is 5.86. The number of carboxylic acids is 1. The second kappa shape index (κ2) is 16.3. The largest absolute Gasteiger partial charge is 0.492 e. The zero-order chi connectivity index (χ0) is 38.6. The number of rotatable bonds is 14. The van der Waals surface area contributed by atoms with Crippen molar-refractivity contribution in [3.63, 3.8) is 0 Å². The highest BCUT2D eigenvalue weighted by Gasteiger charge is 2.43. The summed E-state index contributed by atoms with van der Waals surface area (Å²) in [7, 11) is 1.72. The standard InChI is InChI=1S/C44H55N3O7/c1-43(2,3)54-42(51)46-23-21-36(32-12-9-11-31(25-32)30-15-19-35(20-16-30)53-29-44(4,5)41(49)50)38(28-46)40(48)47(34-17-18-34)27-33-26-45(22-10-24-52-6)39-14-8-7-13-37(33)39/h7-9,11-16,19-20,25-26,34,36,38H,10,17-18,21-24,27-29H2,1-6H3,(H,49,50)/t36-,38+/m1/s1. The summed E-state index contributed by atoms with van der Waals surface area (Å²) in [5.41, 5.74) is 3.68. The Morgan fingerprint density at radius 3 is 2.33 bits per heavy atom. The van der Waals surface area contributed by atoms with Crippen LogP contribution in [0.4, 0.5) is 4.79 Å². The molecule has 1 aromatic heterocycles. The number of aliphatic carboxylic acids is 1. The molecule has 0 spiro atoms. The number of hydrogen-bond acceptors (Lipinski definition) is 6. The maximum atomic E-state index is 15.0. The minimum Gasteiger partial charge on any atom is -0.492 e. The molecule has 2 fully saturated rings. The van der Waals surface area contributed by atoms with Crippen LogP contribution in [0.3, 0.4) is 0 Å². The Kier molecular flexibility index (Phi) is 11.7. The number of piperidine rings is 1. The van der Waals surface area contributed by atoms with Crippen LogP contribution in [-0.4, -0.2) is 82.5 Å². The summed E-state index contributed by atoms with van der Waals surface area (Å²) in [5, 5.41) is 10.6. The smallest absolute Gasteiger partial charge is 0.410 e. The van der Waals surface area contributed by atoms with Gasteiger partial charge in [0.1, 0.15) is 18.0 Å². The van der Waals surface area contributed by atoms with Gasteiger partial charge in [-0.25, -0.2) is 4.79 Å². The van der Waals surface area contributed by atoms with Gasteiger partial charge in [0.05, 0.1) is 11.3 Å². The monoisotopic (exact) mass is 737 g/mol. The SMILES string of the molecule is COCCCn1cc(CN(C(=O)[C@H]2CN(C(=O)OC(C)(C)C)CC[C@@H]2c2cccc(-c3ccc(OCC(C)(C)C(=O)O)cc3)c2)C2CC2)c2ccccc21. The van der Waals surface area contributed by atoms with E-state index in [4.69, 9.17) is 14.2 Å². The molecule has 10 heteroatoms. The number of likely N-dealkylation sites (tertiary alicyclic amines) is 1. The van der Waals surface area contributed by atoms with Crippen molar-refractivity contribution in [2.75, 3.05) is 33.4 Å². The number of carbonyl (C=O) groups excluding carboxylic acids is 2. The molecular weight excluding hydrogens is 682 g/mol. The van der Waals surface area contributed by atoms with Crippen LogP contribution in [0.2, 0.25) is 0 Å². The van der Waals surface area contributed by atoms with Crippen molar-refractivity contribution in [1.29, 1.82) is 0 Å². The van der Waals surface area contributed by atoms with Crippen molar-refractivity contribution in [3.8, 4) is 16.9 Å². The fraction of sp³-hybridized carbons (Fsp3) is 0.477. The number of ether oxygens (including phenoxy) is 3. The fourth-order valence-electron chi connectivity index (χ4n) is 7.29. The molecule has 2 atom stereocenters. The first-order valence-corrected chi connectivity index (χ1v) is 19.1. The molecule has 0 radical (unpaired) electrons. The number of aromatic nitrogens is 1. The summed E-state index contributed by atoms with van der Waals surface area (Å²) >= 11 is 0. The number of benzene rings is 3. The molecule has 288 valence electrons. The molecule has 10 nitrogen and oxygen atoms in total. The van der Waals surface area contributed by atoms with Gasteiger partial charge in [-0.1, -0.05) is 54.6 Å². The summed E-state index contributed by atoms with van der Waals surface area (Å²) in [5.74, 6) is -0.795. The number of methoxy groups -OCH3 is 1. The highest BCUT2D eigenvalue weighted by Crippen LogP contribution is 2.40. The molecule has 6 rings (SSSR count). The lowest BCUT2D eigenvalue weighted by molar-refractivity contribution is -0.148. The summed E-state index contributed by atoms with van der Waals surface area (Å²) in [6.07, 6.45) is 5.26. The van der Waals surface area contributed by atoms with Crippen molar-refractivity contribution in [2.24, 2.45) is 11.3 Å². The molecule has 2 aliphatic rings. The van der Waals surface area contributed by atoms with Crippen LogP contribution in [0.25, 0.3) is 22.0 Å². The lowest BCUT2D eigenvalue weighted by Crippen LogP contribution is -2.51. The minimum atomic E-state index is -1.00. The Bertz CT molecular complexity index is 1940. The van der Waals surface area contributed by atoms with Gasteiger partial charge >= 0.3 is 12.1 Å². The molecule has 1 saturated heterocycles. The maximum absolute atomic E-state index is 15.0. The molecular formula is C44H55N3O7. The predicted octanol–water partition coefficient (Wildman–Crippen LogP) is 8.37. The normalized spacial score (nSPS) is 17.7. The molecule has 3 aromatic carbocycles. The van der Waals surface area contributed by atoms with E-state index in [9.17, 15) is 14.7 Å². The van der Waals surface area contributed by atoms with Crippen molar-refractivity contribution in [1.82, 2.24) is 14.4 Å². The van der Waals surface area contributed by atoms with Crippen LogP contribution >= 0.6 is 0 Å². The number of fused-ring (bicyclic) bond motifs is 1. The topological polar surface area (TPSA) is 111 Å². The third kappa shape index (κ3) is 9.27. The summed E-state index contributed by atoms with van der Waals surface area (Å²) in [4.78, 5) is 43.7. The van der Waals surface area contributed by atoms with Crippen LogP contribution in [0.1, 0.15) is 77.3 Å². The van der Waals surface area contributed by atoms with Gasteiger partial charge in [0.2, 0.25) is 5.91 Å². The van der Waals surface area contributed by atoms with Gasteiger partial charge in [-0.15, -0.1) is 0 Å². The van der Waals surface area contributed by atoms with E-state index in [1.54, 1.807) is 25.9 Å². The molecule has 1 N–H and O–H groups in total. The molecule has 54 heavy (non-hydrogen) atoms. The number of para-hydroxylation sites is 1. The summed E-state index contributed by atoms with van der Waals surface area (Å²) < 4.78 is 19.2. The van der Waals surface area contributed by atoms with Crippen LogP contribution in [0, 0.1) is 11.3 Å². The van der Waals surface area contributed by atoms with E-state index < -0.39 is 29.0 Å². The quantitative estimate of drug-likeness (QED) is 0.130. The Labute approximate surface area is 319 Å². The van der Waals surface area contributed by atoms with Crippen molar-refractivity contribution in [2.45, 2.75) is 91.0 Å². The molecule has 0 unspecified atom stereocenters. The van der Waals surface area contributed by atoms with E-state index in [1.807, 2.05) is 51.1 Å². The van der Waals surface area contributed by atoms with Crippen molar-refractivity contribution < 1.29 is 33.7 Å². The van der Waals surface area contributed by atoms with Gasteiger partial charge in [0, 0.05) is 63.0 Å². The van der Waals surface area contributed by atoms with E-state index in [2.05, 4.69) is 58.1 Å². The Morgan fingerprint density at radius 2 is 1.65 bits per heavy atom. The second-order valence-electron chi connectivity index (χ2n) is 16.5. The maximum Gasteiger partial charge on any atom is 0.410 e. The minimum absolute atomic E-state index is 0.0584. The van der Waals surface area contributed by atoms with E-state index in [-0.39, 0.29) is 31.0 Å². The molecule has 2 amide bonds. The molecule has 0 bridgehead atoms. The molecule has 2 heterocycles. The molecule has 1 saturated carbocycles. The fourth-order valence-corrected chi connectivity index (χ4v) is 7.29. The summed E-state index contributed by atoms with van der Waals surface area (Å²) in [6.45, 7) is 11.7. The number of carboxylic acid groups (broad SMARTS) is 1. The van der Waals surface area contributed by atoms with Gasteiger partial charge in [-0.2, -0.15) is 0 Å². The average molecular weight is 738 g/mol. The van der Waals surface area contributed by atoms with Crippen LogP contribution in [-0.2, 0) is 32.2 Å². The first kappa shape index (κ1) is 38.9. The summed E-state index contributed by atoms with van der Waals surface area (Å²) in [6, 6.07) is 24.5.